The van der Waals surface area contributed by atoms with Crippen LogP contribution in [0.3, 0.4) is 0 Å². The molecule has 0 aliphatic heterocycles. The van der Waals surface area contributed by atoms with E-state index < -0.39 is 0 Å². The van der Waals surface area contributed by atoms with Gasteiger partial charge in [0.2, 0.25) is 0 Å². The van der Waals surface area contributed by atoms with Crippen LogP contribution in [0.1, 0.15) is 35.3 Å². The lowest BCUT2D eigenvalue weighted by molar-refractivity contribution is 0.671. The molecule has 6 heteroatoms. The molecule has 0 unspecified atom stereocenters. The Labute approximate surface area is 175 Å². The number of allylic oxidation sites excluding steroid dienone is 1. The normalized spacial score (nSPS) is 14.1. The molecule has 0 atom stereocenters. The van der Waals surface area contributed by atoms with Gasteiger partial charge in [-0.05, 0) is 48.9 Å². The van der Waals surface area contributed by atoms with E-state index in [0.29, 0.717) is 6.54 Å². The van der Waals surface area contributed by atoms with Crippen LogP contribution < -0.4 is 5.56 Å². The molecule has 0 radical (unpaired) electrons. The fourth-order valence-electron chi connectivity index (χ4n) is 3.53. The predicted molar refractivity (Wildman–Crippen MR) is 119 cm³/mol. The molecular weight excluding hydrogens is 440 g/mol. The maximum atomic E-state index is 13.3. The lowest BCUT2D eigenvalue weighted by atomic mass is 10.1. The van der Waals surface area contributed by atoms with E-state index >= 15 is 0 Å². The molecule has 1 aromatic carbocycles. The van der Waals surface area contributed by atoms with Crippen LogP contribution in [0.5, 0.6) is 0 Å². The number of aryl methyl sites for hydroxylation is 2. The van der Waals surface area contributed by atoms with Gasteiger partial charge in [-0.2, -0.15) is 0 Å². The van der Waals surface area contributed by atoms with Crippen LogP contribution in [0.4, 0.5) is 0 Å². The van der Waals surface area contributed by atoms with Gasteiger partial charge in [-0.1, -0.05) is 52.3 Å². The van der Waals surface area contributed by atoms with Crippen LogP contribution in [0.25, 0.3) is 10.2 Å². The summed E-state index contributed by atoms with van der Waals surface area (Å²) in [5, 5.41) is 1.64. The molecule has 1 aliphatic rings. The number of aromatic nitrogens is 2. The molecule has 4 rings (SSSR count). The quantitative estimate of drug-likeness (QED) is 0.203. The number of nitrogens with zero attached hydrogens (tertiary/aromatic N) is 2. The molecule has 0 spiro atoms. The smallest absolute Gasteiger partial charge is 0.263 e. The van der Waals surface area contributed by atoms with E-state index in [-0.39, 0.29) is 5.56 Å². The summed E-state index contributed by atoms with van der Waals surface area (Å²) in [4.78, 5) is 20.5. The van der Waals surface area contributed by atoms with Gasteiger partial charge >= 0.3 is 0 Å². The third-order valence-electron chi connectivity index (χ3n) is 4.88. The highest BCUT2D eigenvalue weighted by Crippen LogP contribution is 2.34. The van der Waals surface area contributed by atoms with Gasteiger partial charge in [0.25, 0.3) is 5.56 Å². The highest BCUT2D eigenvalue weighted by Gasteiger charge is 2.21. The van der Waals surface area contributed by atoms with E-state index in [2.05, 4.69) is 34.6 Å². The van der Waals surface area contributed by atoms with Crippen molar-refractivity contribution in [1.82, 2.24) is 9.55 Å². The zero-order valence-corrected chi connectivity index (χ0v) is 18.3. The predicted octanol–water partition coefficient (Wildman–Crippen LogP) is 5.97. The largest absolute Gasteiger partial charge is 0.283 e. The SMILES string of the molecule is C=CCn1c(SCc2ccc(Br)cc2)nc2sc3c(c2c1=O)CCCCC3. The molecule has 140 valence electrons. The van der Waals surface area contributed by atoms with E-state index in [1.54, 1.807) is 33.7 Å². The first-order valence-corrected chi connectivity index (χ1v) is 11.8. The van der Waals surface area contributed by atoms with E-state index in [4.69, 9.17) is 4.98 Å². The molecule has 0 fully saturated rings. The summed E-state index contributed by atoms with van der Waals surface area (Å²) in [6.07, 6.45) is 7.50. The van der Waals surface area contributed by atoms with Gasteiger partial charge in [-0.15, -0.1) is 17.9 Å². The molecule has 0 bridgehead atoms. The number of thiophene rings is 1. The molecular formula is C21H21BrN2OS2. The van der Waals surface area contributed by atoms with Crippen molar-refractivity contribution in [1.29, 1.82) is 0 Å². The first-order valence-electron chi connectivity index (χ1n) is 9.20. The topological polar surface area (TPSA) is 34.9 Å². The van der Waals surface area contributed by atoms with E-state index in [1.165, 1.54) is 35.3 Å². The van der Waals surface area contributed by atoms with Crippen LogP contribution in [0, 0.1) is 0 Å². The summed E-state index contributed by atoms with van der Waals surface area (Å²) >= 11 is 6.81. The minimum absolute atomic E-state index is 0.0950. The molecule has 27 heavy (non-hydrogen) atoms. The second-order valence-electron chi connectivity index (χ2n) is 6.76. The Morgan fingerprint density at radius 3 is 2.78 bits per heavy atom. The number of hydrogen-bond donors (Lipinski definition) is 0. The van der Waals surface area contributed by atoms with Crippen molar-refractivity contribution in [3.63, 3.8) is 0 Å². The number of hydrogen-bond acceptors (Lipinski definition) is 4. The van der Waals surface area contributed by atoms with Crippen molar-refractivity contribution in [3.8, 4) is 0 Å². The van der Waals surface area contributed by atoms with Crippen molar-refractivity contribution in [2.24, 2.45) is 0 Å². The second kappa shape index (κ2) is 8.33. The van der Waals surface area contributed by atoms with Gasteiger partial charge in [0.15, 0.2) is 5.16 Å². The highest BCUT2D eigenvalue weighted by atomic mass is 79.9. The van der Waals surface area contributed by atoms with Gasteiger partial charge < -0.3 is 0 Å². The number of rotatable bonds is 5. The molecule has 0 saturated heterocycles. The Morgan fingerprint density at radius 2 is 2.00 bits per heavy atom. The Balaban J connectivity index is 1.75. The molecule has 0 saturated carbocycles. The lowest BCUT2D eigenvalue weighted by Crippen LogP contribution is -2.23. The third-order valence-corrected chi connectivity index (χ3v) is 7.64. The summed E-state index contributed by atoms with van der Waals surface area (Å²) in [7, 11) is 0. The average molecular weight is 461 g/mol. The number of benzene rings is 1. The molecule has 2 aromatic heterocycles. The van der Waals surface area contributed by atoms with Gasteiger partial charge in [-0.25, -0.2) is 4.98 Å². The monoisotopic (exact) mass is 460 g/mol. The van der Waals surface area contributed by atoms with E-state index in [9.17, 15) is 4.79 Å². The number of thioether (sulfide) groups is 1. The highest BCUT2D eigenvalue weighted by molar-refractivity contribution is 9.10. The zero-order chi connectivity index (χ0) is 18.8. The van der Waals surface area contributed by atoms with Gasteiger partial charge in [0.05, 0.1) is 5.39 Å². The van der Waals surface area contributed by atoms with Gasteiger partial charge in [-0.3, -0.25) is 9.36 Å². The molecule has 2 heterocycles. The molecule has 0 amide bonds. The van der Waals surface area contributed by atoms with Crippen molar-refractivity contribution >= 4 is 49.2 Å². The number of halogens is 1. The average Bonchev–Trinajstić information content (AvgIpc) is 2.85. The van der Waals surface area contributed by atoms with Crippen LogP contribution in [0.15, 0.2) is 51.3 Å². The molecule has 1 aliphatic carbocycles. The summed E-state index contributed by atoms with van der Waals surface area (Å²) in [6.45, 7) is 4.33. The minimum atomic E-state index is 0.0950. The van der Waals surface area contributed by atoms with Crippen molar-refractivity contribution in [3.05, 3.63) is 67.8 Å². The van der Waals surface area contributed by atoms with Crippen LogP contribution in [0.2, 0.25) is 0 Å². The first-order chi connectivity index (χ1) is 13.2. The lowest BCUT2D eigenvalue weighted by Gasteiger charge is -2.11. The Bertz CT molecular complexity index is 1040. The second-order valence-corrected chi connectivity index (χ2v) is 9.70. The molecule has 3 nitrogen and oxygen atoms in total. The summed E-state index contributed by atoms with van der Waals surface area (Å²) in [6, 6.07) is 8.27. The maximum Gasteiger partial charge on any atom is 0.263 e. The zero-order valence-electron chi connectivity index (χ0n) is 15.0. The maximum absolute atomic E-state index is 13.3. The van der Waals surface area contributed by atoms with Crippen LogP contribution >= 0.6 is 39.0 Å². The van der Waals surface area contributed by atoms with E-state index in [0.717, 1.165) is 38.4 Å². The van der Waals surface area contributed by atoms with Crippen LogP contribution in [-0.2, 0) is 25.1 Å². The molecule has 3 aromatic rings. The Morgan fingerprint density at radius 1 is 1.22 bits per heavy atom. The van der Waals surface area contributed by atoms with Crippen molar-refractivity contribution < 1.29 is 0 Å². The number of fused-ring (bicyclic) bond motifs is 3. The Hall–Kier alpha value is -1.37. The fourth-order valence-corrected chi connectivity index (χ4v) is 6.06. The minimum Gasteiger partial charge on any atom is -0.283 e. The van der Waals surface area contributed by atoms with Gasteiger partial charge in [0, 0.05) is 21.6 Å². The summed E-state index contributed by atoms with van der Waals surface area (Å²) in [5.74, 6) is 0.785. The fraction of sp³-hybridized carbons (Fsp3) is 0.333. The standard InChI is InChI=1S/C21H21BrN2OS2/c1-2-12-24-20(25)18-16-6-4-3-5-7-17(16)27-19(18)23-21(24)26-13-14-8-10-15(22)11-9-14/h2,8-11H,1,3-7,12-13H2. The van der Waals surface area contributed by atoms with E-state index in [1.807, 2.05) is 12.1 Å². The third kappa shape index (κ3) is 3.93. The summed E-state index contributed by atoms with van der Waals surface area (Å²) < 4.78 is 2.86. The van der Waals surface area contributed by atoms with Crippen molar-refractivity contribution in [2.75, 3.05) is 0 Å². The first kappa shape index (κ1) is 19.0. The molecule has 0 N–H and O–H groups in total. The van der Waals surface area contributed by atoms with Crippen LogP contribution in [-0.4, -0.2) is 9.55 Å². The van der Waals surface area contributed by atoms with Crippen molar-refractivity contribution in [2.45, 2.75) is 49.6 Å². The van der Waals surface area contributed by atoms with Gasteiger partial charge in [0.1, 0.15) is 4.83 Å². The summed E-state index contributed by atoms with van der Waals surface area (Å²) in [5.41, 5.74) is 2.56. The Kier molecular flexibility index (Phi) is 5.85.